The monoisotopic (exact) mass is 306 g/mol. The van der Waals surface area contributed by atoms with Gasteiger partial charge >= 0.3 is 0 Å². The summed E-state index contributed by atoms with van der Waals surface area (Å²) in [5.41, 5.74) is -0.0923. The smallest absolute Gasteiger partial charge is 0.262 e. The number of carbonyl (C=O) groups excluding carboxylic acids is 1. The number of benzene rings is 1. The van der Waals surface area contributed by atoms with Crippen LogP contribution in [0, 0.1) is 0 Å². The van der Waals surface area contributed by atoms with Gasteiger partial charge in [-0.05, 0) is 23.7 Å². The highest BCUT2D eigenvalue weighted by atomic mass is 35.7. The molecule has 0 aliphatic rings. The second kappa shape index (κ2) is 4.47. The molecule has 3 nitrogen and oxygen atoms in total. The van der Waals surface area contributed by atoms with Crippen molar-refractivity contribution in [1.82, 2.24) is 0 Å². The van der Waals surface area contributed by atoms with Gasteiger partial charge in [-0.1, -0.05) is 23.2 Å². The Morgan fingerprint density at radius 3 is 2.13 bits per heavy atom. The third-order valence-corrected chi connectivity index (χ3v) is 3.96. The molecule has 0 aliphatic carbocycles. The Morgan fingerprint density at radius 2 is 1.73 bits per heavy atom. The Kier molecular flexibility index (Phi) is 3.90. The van der Waals surface area contributed by atoms with Crippen LogP contribution in [0.2, 0.25) is 10.0 Å². The lowest BCUT2D eigenvalue weighted by atomic mass is 10.2. The van der Waals surface area contributed by atoms with Gasteiger partial charge in [0.15, 0.2) is 0 Å². The Hall–Kier alpha value is -0.000000000000000167. The second-order valence-electron chi connectivity index (χ2n) is 2.48. The summed E-state index contributed by atoms with van der Waals surface area (Å²) in [6.45, 7) is 0. The molecular weight excluding hydrogens is 306 g/mol. The van der Waals surface area contributed by atoms with Crippen LogP contribution in [0.4, 0.5) is 0 Å². The first-order valence-corrected chi connectivity index (χ1v) is 6.81. The molecule has 0 bridgehead atoms. The second-order valence-corrected chi connectivity index (χ2v) is 6.14. The number of rotatable bonds is 2. The fourth-order valence-corrected chi connectivity index (χ4v) is 2.73. The molecule has 0 amide bonds. The maximum atomic E-state index is 11.0. The van der Waals surface area contributed by atoms with Crippen molar-refractivity contribution >= 4 is 59.8 Å². The summed E-state index contributed by atoms with van der Waals surface area (Å²) < 4.78 is 22.1. The van der Waals surface area contributed by atoms with Crippen molar-refractivity contribution in [1.29, 1.82) is 0 Å². The Balaban J connectivity index is 3.59. The van der Waals surface area contributed by atoms with Crippen LogP contribution in [0.3, 0.4) is 0 Å². The number of hydrogen-bond acceptors (Lipinski definition) is 3. The van der Waals surface area contributed by atoms with Gasteiger partial charge in [0.25, 0.3) is 14.3 Å². The highest BCUT2D eigenvalue weighted by Gasteiger charge is 2.20. The highest BCUT2D eigenvalue weighted by molar-refractivity contribution is 8.13. The predicted molar refractivity (Wildman–Crippen MR) is 59.7 cm³/mol. The third-order valence-electron chi connectivity index (χ3n) is 1.48. The molecule has 15 heavy (non-hydrogen) atoms. The van der Waals surface area contributed by atoms with E-state index in [0.717, 1.165) is 12.1 Å². The molecule has 1 aromatic rings. The van der Waals surface area contributed by atoms with Crippen LogP contribution in [0.1, 0.15) is 10.4 Å². The van der Waals surface area contributed by atoms with Crippen LogP contribution in [-0.4, -0.2) is 13.7 Å². The topological polar surface area (TPSA) is 51.2 Å². The Morgan fingerprint density at radius 1 is 1.20 bits per heavy atom. The minimum absolute atomic E-state index is 0.0923. The van der Waals surface area contributed by atoms with Crippen molar-refractivity contribution < 1.29 is 13.2 Å². The molecule has 0 N–H and O–H groups in total. The highest BCUT2D eigenvalue weighted by Crippen LogP contribution is 2.33. The molecule has 0 saturated carbocycles. The Labute approximate surface area is 105 Å². The van der Waals surface area contributed by atoms with E-state index in [9.17, 15) is 13.2 Å². The fourth-order valence-electron chi connectivity index (χ4n) is 0.855. The standard InChI is InChI=1S/C7H2Cl4O3S/c8-4-1-3(7(10)12)2-5(6(4)9)15(11,13)14/h1-2H. The third kappa shape index (κ3) is 2.98. The number of halogens is 4. The normalized spacial score (nSPS) is 11.5. The van der Waals surface area contributed by atoms with Gasteiger partial charge in [-0.15, -0.1) is 0 Å². The maximum absolute atomic E-state index is 11.0. The van der Waals surface area contributed by atoms with Crippen molar-refractivity contribution in [2.75, 3.05) is 0 Å². The summed E-state index contributed by atoms with van der Waals surface area (Å²) in [4.78, 5) is 10.4. The van der Waals surface area contributed by atoms with E-state index in [2.05, 4.69) is 0 Å². The summed E-state index contributed by atoms with van der Waals surface area (Å²) in [6.07, 6.45) is 0. The minimum atomic E-state index is -4.07. The first-order chi connectivity index (χ1) is 6.73. The molecule has 0 spiro atoms. The summed E-state index contributed by atoms with van der Waals surface area (Å²) in [5, 5.41) is -1.20. The van der Waals surface area contributed by atoms with Crippen molar-refractivity contribution in [3.63, 3.8) is 0 Å². The van der Waals surface area contributed by atoms with Gasteiger partial charge in [-0.25, -0.2) is 8.42 Å². The Bertz CT molecular complexity index is 523. The van der Waals surface area contributed by atoms with Gasteiger partial charge in [-0.3, -0.25) is 4.79 Å². The van der Waals surface area contributed by atoms with Crippen LogP contribution in [0.25, 0.3) is 0 Å². The van der Waals surface area contributed by atoms with Gasteiger partial charge in [0, 0.05) is 16.2 Å². The van der Waals surface area contributed by atoms with Crippen molar-refractivity contribution in [3.05, 3.63) is 27.7 Å². The number of hydrogen-bond donors (Lipinski definition) is 0. The zero-order chi connectivity index (χ0) is 11.8. The van der Waals surface area contributed by atoms with E-state index in [-0.39, 0.29) is 15.6 Å². The molecule has 8 heteroatoms. The molecule has 1 rings (SSSR count). The quantitative estimate of drug-likeness (QED) is 0.788. The van der Waals surface area contributed by atoms with E-state index < -0.39 is 19.2 Å². The molecule has 0 aromatic heterocycles. The van der Waals surface area contributed by atoms with Crippen LogP contribution in [-0.2, 0) is 9.05 Å². The first-order valence-electron chi connectivity index (χ1n) is 3.37. The van der Waals surface area contributed by atoms with Gasteiger partial charge in [-0.2, -0.15) is 0 Å². The lowest BCUT2D eigenvalue weighted by molar-refractivity contribution is 0.108. The molecule has 82 valence electrons. The van der Waals surface area contributed by atoms with Crippen LogP contribution >= 0.6 is 45.5 Å². The molecule has 0 unspecified atom stereocenters. The van der Waals surface area contributed by atoms with E-state index in [1.54, 1.807) is 0 Å². The van der Waals surface area contributed by atoms with Crippen molar-refractivity contribution in [3.8, 4) is 0 Å². The molecular formula is C7H2Cl4O3S. The molecule has 0 fully saturated rings. The van der Waals surface area contributed by atoms with Crippen LogP contribution in [0.15, 0.2) is 17.0 Å². The largest absolute Gasteiger partial charge is 0.276 e. The summed E-state index contributed by atoms with van der Waals surface area (Å²) in [7, 11) is 1.02. The molecule has 0 atom stereocenters. The lowest BCUT2D eigenvalue weighted by Gasteiger charge is -2.04. The molecule has 0 radical (unpaired) electrons. The van der Waals surface area contributed by atoms with Gasteiger partial charge in [0.2, 0.25) is 0 Å². The van der Waals surface area contributed by atoms with Crippen LogP contribution in [0.5, 0.6) is 0 Å². The van der Waals surface area contributed by atoms with Gasteiger partial charge < -0.3 is 0 Å². The number of carbonyl (C=O) groups is 1. The van der Waals surface area contributed by atoms with E-state index in [1.165, 1.54) is 0 Å². The fraction of sp³-hybridized carbons (Fsp3) is 0. The first kappa shape index (κ1) is 13.1. The van der Waals surface area contributed by atoms with E-state index in [0.29, 0.717) is 0 Å². The summed E-state index contributed by atoms with van der Waals surface area (Å²) in [6, 6.07) is 2.12. The predicted octanol–water partition coefficient (Wildman–Crippen LogP) is 3.30. The van der Waals surface area contributed by atoms with E-state index in [1.807, 2.05) is 0 Å². The molecule has 0 heterocycles. The van der Waals surface area contributed by atoms with Crippen molar-refractivity contribution in [2.24, 2.45) is 0 Å². The molecule has 1 aromatic carbocycles. The van der Waals surface area contributed by atoms with Crippen LogP contribution < -0.4 is 0 Å². The average Bonchev–Trinajstić information content (AvgIpc) is 2.06. The van der Waals surface area contributed by atoms with Gasteiger partial charge in [0.05, 0.1) is 10.0 Å². The zero-order valence-electron chi connectivity index (χ0n) is 6.80. The SMILES string of the molecule is O=C(Cl)c1cc(Cl)c(Cl)c(S(=O)(=O)Cl)c1. The van der Waals surface area contributed by atoms with E-state index >= 15 is 0 Å². The van der Waals surface area contributed by atoms with Crippen molar-refractivity contribution in [2.45, 2.75) is 4.90 Å². The summed E-state index contributed by atoms with van der Waals surface area (Å²) >= 11 is 16.4. The lowest BCUT2D eigenvalue weighted by Crippen LogP contribution is -1.97. The maximum Gasteiger partial charge on any atom is 0.262 e. The molecule has 0 saturated heterocycles. The molecule has 0 aliphatic heterocycles. The summed E-state index contributed by atoms with van der Waals surface area (Å²) in [5.74, 6) is 0. The van der Waals surface area contributed by atoms with E-state index in [4.69, 9.17) is 45.5 Å². The average molecular weight is 308 g/mol. The van der Waals surface area contributed by atoms with Gasteiger partial charge in [0.1, 0.15) is 4.90 Å². The minimum Gasteiger partial charge on any atom is -0.276 e. The zero-order valence-corrected chi connectivity index (χ0v) is 10.6.